The molecule has 4 rings (SSSR count). The van der Waals surface area contributed by atoms with Crippen molar-refractivity contribution in [2.75, 3.05) is 0 Å². The SMILES string of the molecule is C[Si](C)=[Zr]([Cl])([Cl])([CH]1CCC2CC=CC=C21)[CH]1CCC2CC=CC=C21. The van der Waals surface area contributed by atoms with Crippen LogP contribution < -0.4 is 0 Å². The molecule has 0 aromatic heterocycles. The Balaban J connectivity index is 1.86. The number of hydrogen-bond acceptors (Lipinski definition) is 0. The van der Waals surface area contributed by atoms with Crippen molar-refractivity contribution in [1.82, 2.24) is 0 Å². The Kier molecular flexibility index (Phi) is 4.78. The fourth-order valence-electron chi connectivity index (χ4n) is 5.91. The molecular weight excluding hydrogens is 430 g/mol. The van der Waals surface area contributed by atoms with Gasteiger partial charge in [-0.05, 0) is 0 Å². The van der Waals surface area contributed by atoms with Gasteiger partial charge in [0.1, 0.15) is 0 Å². The maximum absolute atomic E-state index is 7.87. The number of fused-ring (bicyclic) bond motifs is 2. The summed E-state index contributed by atoms with van der Waals surface area (Å²) in [5.41, 5.74) is 2.54. The van der Waals surface area contributed by atoms with Gasteiger partial charge >= 0.3 is 156 Å². The molecule has 130 valence electrons. The summed E-state index contributed by atoms with van der Waals surface area (Å²) < 4.78 is 1.06. The molecule has 0 saturated heterocycles. The van der Waals surface area contributed by atoms with Gasteiger partial charge in [0.15, 0.2) is 0 Å². The van der Waals surface area contributed by atoms with Gasteiger partial charge in [-0.1, -0.05) is 0 Å². The first-order valence-electron chi connectivity index (χ1n) is 9.54. The molecule has 0 N–H and O–H groups in total. The first kappa shape index (κ1) is 18.0. The Bertz CT molecular complexity index is 694. The standard InChI is InChI=1S/2C9H11.C2H6Si.2ClH.Zr/c2*1-2-5-9-7-3-6-8(9)4-1;1-3-2;;;/h2*1-2,4,6,9H,3,5,7H2;1-2H3;2*1H;/q;;;;;+2/p-2. The van der Waals surface area contributed by atoms with Gasteiger partial charge in [0.2, 0.25) is 0 Å². The number of rotatable bonds is 2. The fraction of sp³-hybridized carbons (Fsp3) is 0.600. The quantitative estimate of drug-likeness (QED) is 0.378. The van der Waals surface area contributed by atoms with Gasteiger partial charge in [-0.25, -0.2) is 0 Å². The molecule has 2 fully saturated rings. The maximum atomic E-state index is 7.87. The van der Waals surface area contributed by atoms with Crippen molar-refractivity contribution in [1.29, 1.82) is 0 Å². The predicted octanol–water partition coefficient (Wildman–Crippen LogP) is 7.40. The molecule has 4 aliphatic rings. The van der Waals surface area contributed by atoms with E-state index in [9.17, 15) is 0 Å². The van der Waals surface area contributed by atoms with Crippen molar-refractivity contribution in [2.24, 2.45) is 11.8 Å². The van der Waals surface area contributed by atoms with E-state index in [1.165, 1.54) is 38.5 Å². The zero-order valence-corrected chi connectivity index (χ0v) is 19.7. The molecule has 4 aliphatic carbocycles. The summed E-state index contributed by atoms with van der Waals surface area (Å²) in [5.74, 6) is 1.45. The Hall–Kier alpha value is 0.640. The van der Waals surface area contributed by atoms with E-state index in [0.29, 0.717) is 7.25 Å². The van der Waals surface area contributed by atoms with Crippen molar-refractivity contribution >= 4 is 22.5 Å². The summed E-state index contributed by atoms with van der Waals surface area (Å²) in [6.45, 7) is 4.85. The van der Waals surface area contributed by atoms with Crippen LogP contribution in [0.25, 0.3) is 0 Å². The topological polar surface area (TPSA) is 0 Å². The van der Waals surface area contributed by atoms with Crippen molar-refractivity contribution in [3.8, 4) is 0 Å². The van der Waals surface area contributed by atoms with E-state index in [2.05, 4.69) is 49.6 Å². The summed E-state index contributed by atoms with van der Waals surface area (Å²) >= 11 is -3.95. The molecule has 0 aromatic rings. The Morgan fingerprint density at radius 2 is 1.29 bits per heavy atom. The molecule has 0 aromatic carbocycles. The summed E-state index contributed by atoms with van der Waals surface area (Å²) in [5, 5.41) is 0. The molecule has 0 amide bonds. The van der Waals surface area contributed by atoms with Crippen LogP contribution in [0, 0.1) is 11.8 Å². The molecule has 4 heteroatoms. The number of allylic oxidation sites excluding steroid dienone is 8. The van der Waals surface area contributed by atoms with Crippen molar-refractivity contribution in [3.63, 3.8) is 0 Å². The second kappa shape index (κ2) is 6.36. The third kappa shape index (κ3) is 2.54. The van der Waals surface area contributed by atoms with Crippen LogP contribution in [0.15, 0.2) is 47.6 Å². The fourth-order valence-corrected chi connectivity index (χ4v) is 36.1. The molecule has 4 atom stereocenters. The molecular formula is C20H28Cl2SiZr. The monoisotopic (exact) mass is 456 g/mol. The summed E-state index contributed by atoms with van der Waals surface area (Å²) in [6.07, 6.45) is 21.4. The van der Waals surface area contributed by atoms with E-state index in [1.54, 1.807) is 11.1 Å². The Morgan fingerprint density at radius 1 is 0.833 bits per heavy atom. The second-order valence-corrected chi connectivity index (χ2v) is 47.8. The van der Waals surface area contributed by atoms with E-state index >= 15 is 0 Å². The van der Waals surface area contributed by atoms with Crippen LogP contribution in [0.4, 0.5) is 0 Å². The van der Waals surface area contributed by atoms with Crippen molar-refractivity contribution in [3.05, 3.63) is 47.6 Å². The van der Waals surface area contributed by atoms with Gasteiger partial charge in [-0.15, -0.1) is 0 Å². The second-order valence-electron chi connectivity index (χ2n) is 8.47. The normalized spacial score (nSPS) is 35.4. The van der Waals surface area contributed by atoms with Gasteiger partial charge in [-0.3, -0.25) is 0 Å². The summed E-state index contributed by atoms with van der Waals surface area (Å²) in [6, 6.07) is 0. The first-order valence-corrected chi connectivity index (χ1v) is 24.9. The number of halogens is 2. The van der Waals surface area contributed by atoms with Gasteiger partial charge in [0.25, 0.3) is 0 Å². The molecule has 0 spiro atoms. The Labute approximate surface area is 154 Å². The van der Waals surface area contributed by atoms with Gasteiger partial charge in [0, 0.05) is 0 Å². The van der Waals surface area contributed by atoms with Crippen molar-refractivity contribution in [2.45, 2.75) is 58.9 Å². The molecule has 4 unspecified atom stereocenters. The van der Waals surface area contributed by atoms with Gasteiger partial charge in [0.05, 0.1) is 0 Å². The van der Waals surface area contributed by atoms with Crippen LogP contribution in [0.2, 0.25) is 20.3 Å². The van der Waals surface area contributed by atoms with Crippen LogP contribution in [0.1, 0.15) is 38.5 Å². The minimum absolute atomic E-state index is 0.532. The van der Waals surface area contributed by atoms with Gasteiger partial charge in [-0.2, -0.15) is 0 Å². The molecule has 0 radical (unpaired) electrons. The predicted molar refractivity (Wildman–Crippen MR) is 106 cm³/mol. The third-order valence-electron chi connectivity index (χ3n) is 7.28. The van der Waals surface area contributed by atoms with Crippen LogP contribution >= 0.6 is 17.0 Å². The molecule has 24 heavy (non-hydrogen) atoms. The summed E-state index contributed by atoms with van der Waals surface area (Å²) in [4.78, 5) is 0. The molecule has 0 nitrogen and oxygen atoms in total. The minimum atomic E-state index is -3.95. The van der Waals surface area contributed by atoms with Crippen LogP contribution in [-0.4, -0.2) is 5.43 Å². The zero-order valence-electron chi connectivity index (χ0n) is 14.8. The van der Waals surface area contributed by atoms with Crippen molar-refractivity contribution < 1.29 is 15.0 Å². The van der Waals surface area contributed by atoms with E-state index in [-0.39, 0.29) is 0 Å². The van der Waals surface area contributed by atoms with E-state index < -0.39 is 20.4 Å². The van der Waals surface area contributed by atoms with E-state index in [0.717, 1.165) is 11.8 Å². The van der Waals surface area contributed by atoms with E-state index in [1.807, 2.05) is 0 Å². The van der Waals surface area contributed by atoms with E-state index in [4.69, 9.17) is 17.0 Å². The number of hydrogen-bond donors (Lipinski definition) is 0. The molecule has 0 bridgehead atoms. The van der Waals surface area contributed by atoms with Crippen LogP contribution in [0.3, 0.4) is 0 Å². The first-order chi connectivity index (χ1) is 11.4. The van der Waals surface area contributed by atoms with Gasteiger partial charge < -0.3 is 0 Å². The molecule has 0 aliphatic heterocycles. The third-order valence-corrected chi connectivity index (χ3v) is 56.4. The van der Waals surface area contributed by atoms with Crippen LogP contribution in [-0.2, 0) is 15.0 Å². The molecule has 0 heterocycles. The van der Waals surface area contributed by atoms with Crippen LogP contribution in [0.5, 0.6) is 0 Å². The zero-order chi connectivity index (χ0) is 17.0. The average Bonchev–Trinajstić information content (AvgIpc) is 3.20. The average molecular weight is 459 g/mol. The molecule has 2 saturated carbocycles. The Morgan fingerprint density at radius 3 is 1.71 bits per heavy atom. The summed E-state index contributed by atoms with van der Waals surface area (Å²) in [7, 11) is 15.7.